The third kappa shape index (κ3) is 2.11. The quantitative estimate of drug-likeness (QED) is 0.717. The number of nitrogens with zero attached hydrogens (tertiary/aromatic N) is 3. The molecule has 0 atom stereocenters. The third-order valence-electron chi connectivity index (χ3n) is 2.86. The Hall–Kier alpha value is -2.20. The number of hydrogen-bond donors (Lipinski definition) is 0. The molecule has 0 spiro atoms. The predicted octanol–water partition coefficient (Wildman–Crippen LogP) is 3.35. The monoisotopic (exact) mass is 271 g/mol. The van der Waals surface area contributed by atoms with Crippen molar-refractivity contribution in [1.82, 2.24) is 15.2 Å². The van der Waals surface area contributed by atoms with Gasteiger partial charge in [-0.25, -0.2) is 0 Å². The Morgan fingerprint density at radius 1 is 1.00 bits per heavy atom. The van der Waals surface area contributed by atoms with Crippen LogP contribution in [0.3, 0.4) is 0 Å². The first-order valence-corrected chi connectivity index (χ1v) is 6.09. The van der Waals surface area contributed by atoms with E-state index in [-0.39, 0.29) is 0 Å². The minimum absolute atomic E-state index is 0.396. The lowest BCUT2D eigenvalue weighted by molar-refractivity contribution is 0.413. The number of halogens is 1. The molecule has 19 heavy (non-hydrogen) atoms. The van der Waals surface area contributed by atoms with Gasteiger partial charge < -0.3 is 4.74 Å². The molecule has 0 saturated heterocycles. The van der Waals surface area contributed by atoms with Crippen LogP contribution in [0.1, 0.15) is 0 Å². The van der Waals surface area contributed by atoms with E-state index < -0.39 is 0 Å². The molecular weight excluding hydrogens is 262 g/mol. The fourth-order valence-corrected chi connectivity index (χ4v) is 2.10. The molecule has 0 saturated carbocycles. The highest BCUT2D eigenvalue weighted by Crippen LogP contribution is 2.28. The van der Waals surface area contributed by atoms with Gasteiger partial charge in [0.15, 0.2) is 5.15 Å². The lowest BCUT2D eigenvalue weighted by atomic mass is 10.1. The number of fused-ring (bicyclic) bond motifs is 1. The summed E-state index contributed by atoms with van der Waals surface area (Å²) in [5, 5.41) is 10.3. The normalized spacial score (nSPS) is 10.6. The Morgan fingerprint density at radius 3 is 2.47 bits per heavy atom. The summed E-state index contributed by atoms with van der Waals surface area (Å²) in [5.74, 6) is 0.704. The minimum atomic E-state index is 0.396. The zero-order chi connectivity index (χ0) is 13.2. The fourth-order valence-electron chi connectivity index (χ4n) is 1.90. The smallest absolute Gasteiger partial charge is 0.159 e. The van der Waals surface area contributed by atoms with Gasteiger partial charge >= 0.3 is 0 Å². The summed E-state index contributed by atoms with van der Waals surface area (Å²) < 4.78 is 5.09. The molecule has 0 radical (unpaired) electrons. The highest BCUT2D eigenvalue weighted by Gasteiger charge is 2.10. The fraction of sp³-hybridized carbons (Fsp3) is 0.0714. The highest BCUT2D eigenvalue weighted by molar-refractivity contribution is 6.34. The van der Waals surface area contributed by atoms with Crippen LogP contribution in [0.5, 0.6) is 5.75 Å². The SMILES string of the molecule is COc1ccc(-c2nnc(Cl)c3ccccc23)nc1. The molecule has 5 heteroatoms. The molecule has 94 valence electrons. The summed E-state index contributed by atoms with van der Waals surface area (Å²) in [6, 6.07) is 11.4. The molecule has 2 heterocycles. The van der Waals surface area contributed by atoms with Crippen molar-refractivity contribution >= 4 is 22.4 Å². The number of rotatable bonds is 2. The zero-order valence-corrected chi connectivity index (χ0v) is 10.9. The lowest BCUT2D eigenvalue weighted by Crippen LogP contribution is -1.94. The second-order valence-corrected chi connectivity index (χ2v) is 4.33. The number of ether oxygens (including phenoxy) is 1. The van der Waals surface area contributed by atoms with E-state index in [4.69, 9.17) is 16.3 Å². The maximum absolute atomic E-state index is 6.05. The average molecular weight is 272 g/mol. The molecule has 1 aromatic carbocycles. The Morgan fingerprint density at radius 2 is 1.79 bits per heavy atom. The van der Waals surface area contributed by atoms with Gasteiger partial charge in [0.25, 0.3) is 0 Å². The number of methoxy groups -OCH3 is 1. The predicted molar refractivity (Wildman–Crippen MR) is 74.3 cm³/mol. The summed E-state index contributed by atoms with van der Waals surface area (Å²) >= 11 is 6.05. The molecular formula is C14H10ClN3O. The van der Waals surface area contributed by atoms with Gasteiger partial charge in [-0.2, -0.15) is 0 Å². The van der Waals surface area contributed by atoms with Crippen molar-refractivity contribution in [3.05, 3.63) is 47.7 Å². The van der Waals surface area contributed by atoms with Crippen molar-refractivity contribution in [2.45, 2.75) is 0 Å². The lowest BCUT2D eigenvalue weighted by Gasteiger charge is -2.06. The summed E-state index contributed by atoms with van der Waals surface area (Å²) in [6.45, 7) is 0. The zero-order valence-electron chi connectivity index (χ0n) is 10.2. The Balaban J connectivity index is 2.21. The molecule has 0 bridgehead atoms. The van der Waals surface area contributed by atoms with E-state index >= 15 is 0 Å². The van der Waals surface area contributed by atoms with Gasteiger partial charge in [-0.05, 0) is 12.1 Å². The van der Waals surface area contributed by atoms with Crippen molar-refractivity contribution < 1.29 is 4.74 Å². The van der Waals surface area contributed by atoms with E-state index in [0.717, 1.165) is 16.5 Å². The van der Waals surface area contributed by atoms with E-state index in [0.29, 0.717) is 16.6 Å². The summed E-state index contributed by atoms with van der Waals surface area (Å²) in [5.41, 5.74) is 1.45. The first-order valence-electron chi connectivity index (χ1n) is 5.71. The van der Waals surface area contributed by atoms with Crippen LogP contribution in [0.25, 0.3) is 22.2 Å². The van der Waals surface area contributed by atoms with Crippen LogP contribution >= 0.6 is 11.6 Å². The van der Waals surface area contributed by atoms with Crippen molar-refractivity contribution in [1.29, 1.82) is 0 Å². The molecule has 0 amide bonds. The van der Waals surface area contributed by atoms with Gasteiger partial charge in [0.05, 0.1) is 19.0 Å². The van der Waals surface area contributed by atoms with E-state index in [9.17, 15) is 0 Å². The summed E-state index contributed by atoms with van der Waals surface area (Å²) in [7, 11) is 1.61. The Bertz CT molecular complexity index is 728. The second kappa shape index (κ2) is 4.82. The molecule has 0 unspecified atom stereocenters. The molecule has 0 aliphatic heterocycles. The van der Waals surface area contributed by atoms with Crippen LogP contribution in [-0.2, 0) is 0 Å². The number of aromatic nitrogens is 3. The van der Waals surface area contributed by atoms with E-state index in [1.807, 2.05) is 36.4 Å². The van der Waals surface area contributed by atoms with Gasteiger partial charge in [0.1, 0.15) is 11.4 Å². The van der Waals surface area contributed by atoms with Crippen LogP contribution in [0.2, 0.25) is 5.15 Å². The molecule has 0 N–H and O–H groups in total. The van der Waals surface area contributed by atoms with Gasteiger partial charge in [0.2, 0.25) is 0 Å². The molecule has 2 aromatic heterocycles. The maximum atomic E-state index is 6.05. The maximum Gasteiger partial charge on any atom is 0.159 e. The Kier molecular flexibility index (Phi) is 3.01. The van der Waals surface area contributed by atoms with E-state index in [1.165, 1.54) is 0 Å². The third-order valence-corrected chi connectivity index (χ3v) is 3.14. The Labute approximate surface area is 115 Å². The molecule has 3 rings (SSSR count). The first kappa shape index (κ1) is 11.9. The van der Waals surface area contributed by atoms with Crippen molar-refractivity contribution in [2.75, 3.05) is 7.11 Å². The molecule has 0 fully saturated rings. The van der Waals surface area contributed by atoms with Gasteiger partial charge in [-0.1, -0.05) is 35.9 Å². The molecule has 0 aliphatic rings. The highest BCUT2D eigenvalue weighted by atomic mass is 35.5. The number of hydrogen-bond acceptors (Lipinski definition) is 4. The molecule has 3 aromatic rings. The van der Waals surface area contributed by atoms with Crippen LogP contribution in [0.15, 0.2) is 42.6 Å². The standard InChI is InChI=1S/C14H10ClN3O/c1-19-9-6-7-12(16-8-9)13-10-4-2-3-5-11(10)14(15)18-17-13/h2-8H,1H3. The average Bonchev–Trinajstić information content (AvgIpc) is 2.48. The van der Waals surface area contributed by atoms with E-state index in [1.54, 1.807) is 13.3 Å². The van der Waals surface area contributed by atoms with Crippen molar-refractivity contribution in [2.24, 2.45) is 0 Å². The van der Waals surface area contributed by atoms with Crippen LogP contribution in [-0.4, -0.2) is 22.3 Å². The second-order valence-electron chi connectivity index (χ2n) is 3.97. The summed E-state index contributed by atoms with van der Waals surface area (Å²) in [4.78, 5) is 4.33. The van der Waals surface area contributed by atoms with Crippen molar-refractivity contribution in [3.63, 3.8) is 0 Å². The van der Waals surface area contributed by atoms with E-state index in [2.05, 4.69) is 15.2 Å². The van der Waals surface area contributed by atoms with Gasteiger partial charge in [-0.15, -0.1) is 10.2 Å². The van der Waals surface area contributed by atoms with Crippen LogP contribution in [0.4, 0.5) is 0 Å². The first-order chi connectivity index (χ1) is 9.29. The summed E-state index contributed by atoms with van der Waals surface area (Å²) in [6.07, 6.45) is 1.65. The molecule has 0 aliphatic carbocycles. The van der Waals surface area contributed by atoms with Gasteiger partial charge in [0, 0.05) is 10.8 Å². The number of benzene rings is 1. The largest absolute Gasteiger partial charge is 0.495 e. The van der Waals surface area contributed by atoms with Crippen LogP contribution in [0, 0.1) is 0 Å². The van der Waals surface area contributed by atoms with Gasteiger partial charge in [-0.3, -0.25) is 4.98 Å². The van der Waals surface area contributed by atoms with Crippen molar-refractivity contribution in [3.8, 4) is 17.1 Å². The topological polar surface area (TPSA) is 47.9 Å². The molecule has 4 nitrogen and oxygen atoms in total. The van der Waals surface area contributed by atoms with Crippen LogP contribution < -0.4 is 4.74 Å². The number of pyridine rings is 1. The minimum Gasteiger partial charge on any atom is -0.495 e.